The van der Waals surface area contributed by atoms with Crippen LogP contribution in [0.15, 0.2) is 12.7 Å². The zero-order chi connectivity index (χ0) is 5.91. The molecule has 0 rings (SSSR count). The fourth-order valence-corrected chi connectivity index (χ4v) is 0.447. The molecule has 0 heterocycles. The van der Waals surface area contributed by atoms with Gasteiger partial charge in [0, 0.05) is 0 Å². The fraction of sp³-hybridized carbons (Fsp3) is 0.333. The van der Waals surface area contributed by atoms with Crippen LogP contribution in [0.4, 0.5) is 0 Å². The Morgan fingerprint density at radius 1 is 1.62 bits per heavy atom. The van der Waals surface area contributed by atoms with Gasteiger partial charge in [-0.3, -0.25) is 4.55 Å². The van der Waals surface area contributed by atoms with E-state index in [0.29, 0.717) is 0 Å². The van der Waals surface area contributed by atoms with Gasteiger partial charge in [-0.25, -0.2) is 0 Å². The first-order chi connectivity index (χ1) is 3.06. The zero-order valence-electron chi connectivity index (χ0n) is 4.37. The largest absolute Gasteiger partial charge is 0.344 e. The fourth-order valence-electron chi connectivity index (χ4n) is 0.149. The molecule has 0 aromatic carbocycles. The highest BCUT2D eigenvalue weighted by atomic mass is 32.2. The number of hydrogen-bond acceptors (Lipinski definition) is 3. The molecule has 0 radical (unpaired) electrons. The van der Waals surface area contributed by atoms with Crippen LogP contribution in [-0.4, -0.2) is 18.7 Å². The van der Waals surface area contributed by atoms with Crippen LogP contribution in [0.1, 0.15) is 0 Å². The third kappa shape index (κ3) is 9.15. The molecule has 0 atom stereocenters. The van der Waals surface area contributed by atoms with Gasteiger partial charge in [0.15, 0.2) is 0 Å². The summed E-state index contributed by atoms with van der Waals surface area (Å²) in [5.74, 6) is -0.368. The molecule has 0 aliphatic rings. The van der Waals surface area contributed by atoms with Gasteiger partial charge in [-0.1, -0.05) is 6.08 Å². The smallest absolute Gasteiger partial charge is 0.268 e. The first kappa shape index (κ1) is 10.6. The lowest BCUT2D eigenvalue weighted by Crippen LogP contribution is -1.99. The Hall–Kier alpha value is -0.390. The lowest BCUT2D eigenvalue weighted by atomic mass is 10.8. The maximum atomic E-state index is 9.72. The summed E-state index contributed by atoms with van der Waals surface area (Å²) in [5, 5.41) is 0. The topological polar surface area (TPSA) is 89.4 Å². The Labute approximate surface area is 48.5 Å². The molecule has 0 bridgehead atoms. The first-order valence-electron chi connectivity index (χ1n) is 1.62. The molecule has 0 amide bonds. The van der Waals surface area contributed by atoms with Gasteiger partial charge >= 0.3 is 0 Å². The van der Waals surface area contributed by atoms with Crippen molar-refractivity contribution in [3.05, 3.63) is 12.7 Å². The van der Waals surface area contributed by atoms with Crippen molar-refractivity contribution in [2.75, 3.05) is 5.75 Å². The molecule has 4 nitrogen and oxygen atoms in total. The average molecular weight is 139 g/mol. The van der Waals surface area contributed by atoms with Crippen LogP contribution >= 0.6 is 0 Å². The Morgan fingerprint density at radius 2 is 2.00 bits per heavy atom. The van der Waals surface area contributed by atoms with Crippen LogP contribution < -0.4 is 6.15 Å². The summed E-state index contributed by atoms with van der Waals surface area (Å²) in [6.45, 7) is 3.11. The highest BCUT2D eigenvalue weighted by Crippen LogP contribution is 1.78. The number of rotatable bonds is 2. The van der Waals surface area contributed by atoms with Crippen molar-refractivity contribution in [1.29, 1.82) is 0 Å². The van der Waals surface area contributed by atoms with E-state index in [1.165, 1.54) is 0 Å². The predicted octanol–water partition coefficient (Wildman–Crippen LogP) is 0.222. The van der Waals surface area contributed by atoms with E-state index in [2.05, 4.69) is 6.58 Å². The Kier molecular flexibility index (Phi) is 4.74. The summed E-state index contributed by atoms with van der Waals surface area (Å²) < 4.78 is 27.3. The number of hydrogen-bond donors (Lipinski definition) is 2. The summed E-state index contributed by atoms with van der Waals surface area (Å²) in [6.07, 6.45) is 1.12. The van der Waals surface area contributed by atoms with Crippen molar-refractivity contribution in [3.63, 3.8) is 0 Å². The quantitative estimate of drug-likeness (QED) is 0.423. The van der Waals surface area contributed by atoms with Gasteiger partial charge in [-0.2, -0.15) is 8.42 Å². The molecule has 0 unspecified atom stereocenters. The molecule has 0 saturated carbocycles. The van der Waals surface area contributed by atoms with E-state index in [0.717, 1.165) is 6.08 Å². The van der Waals surface area contributed by atoms with Crippen LogP contribution in [-0.2, 0) is 10.1 Å². The molecule has 8 heavy (non-hydrogen) atoms. The van der Waals surface area contributed by atoms with Gasteiger partial charge in [0.1, 0.15) is 0 Å². The third-order valence-electron chi connectivity index (χ3n) is 0.328. The van der Waals surface area contributed by atoms with Crippen LogP contribution in [0.3, 0.4) is 0 Å². The lowest BCUT2D eigenvalue weighted by Gasteiger charge is -1.82. The minimum atomic E-state index is -3.79. The third-order valence-corrected chi connectivity index (χ3v) is 0.985. The van der Waals surface area contributed by atoms with Crippen molar-refractivity contribution >= 4 is 10.1 Å². The minimum absolute atomic E-state index is 0. The standard InChI is InChI=1S/C3H6O3S.H3N/c1-2-3-7(4,5)6;/h2H,1,3H2,(H,4,5,6);1H3. The Morgan fingerprint density at radius 3 is 2.00 bits per heavy atom. The zero-order valence-corrected chi connectivity index (χ0v) is 5.19. The molecule has 0 aromatic rings. The van der Waals surface area contributed by atoms with Crippen LogP contribution in [0.5, 0.6) is 0 Å². The Bertz CT molecular complexity index is 148. The normalized spacial score (nSPS) is 9.62. The minimum Gasteiger partial charge on any atom is -0.344 e. The average Bonchev–Trinajstić information content (AvgIpc) is 1.30. The second-order valence-electron chi connectivity index (χ2n) is 1.04. The van der Waals surface area contributed by atoms with Crippen molar-refractivity contribution in [2.24, 2.45) is 0 Å². The molecule has 0 spiro atoms. The summed E-state index contributed by atoms with van der Waals surface area (Å²) in [4.78, 5) is 0. The van der Waals surface area contributed by atoms with Gasteiger partial charge in [-0.15, -0.1) is 6.58 Å². The van der Waals surface area contributed by atoms with Gasteiger partial charge in [0.25, 0.3) is 10.1 Å². The van der Waals surface area contributed by atoms with Gasteiger partial charge in [0.2, 0.25) is 0 Å². The van der Waals surface area contributed by atoms with E-state index in [1.54, 1.807) is 0 Å². The summed E-state index contributed by atoms with van der Waals surface area (Å²) >= 11 is 0. The molecular formula is C3H9NO3S. The molecule has 5 heteroatoms. The molecule has 0 aromatic heterocycles. The monoisotopic (exact) mass is 139 g/mol. The van der Waals surface area contributed by atoms with Crippen molar-refractivity contribution in [1.82, 2.24) is 6.15 Å². The maximum Gasteiger partial charge on any atom is 0.268 e. The van der Waals surface area contributed by atoms with E-state index in [4.69, 9.17) is 4.55 Å². The molecule has 4 N–H and O–H groups in total. The van der Waals surface area contributed by atoms with E-state index >= 15 is 0 Å². The molecule has 0 saturated heterocycles. The predicted molar refractivity (Wildman–Crippen MR) is 31.6 cm³/mol. The van der Waals surface area contributed by atoms with Crippen molar-refractivity contribution < 1.29 is 13.0 Å². The Balaban J connectivity index is 0. The molecule has 0 aliphatic carbocycles. The van der Waals surface area contributed by atoms with E-state index in [1.807, 2.05) is 0 Å². The molecule has 50 valence electrons. The van der Waals surface area contributed by atoms with E-state index in [9.17, 15) is 8.42 Å². The molecular weight excluding hydrogens is 130 g/mol. The first-order valence-corrected chi connectivity index (χ1v) is 3.23. The van der Waals surface area contributed by atoms with Crippen molar-refractivity contribution in [2.45, 2.75) is 0 Å². The van der Waals surface area contributed by atoms with Crippen LogP contribution in [0, 0.1) is 0 Å². The summed E-state index contributed by atoms with van der Waals surface area (Å²) in [5.41, 5.74) is 0. The molecule has 0 aliphatic heterocycles. The highest BCUT2D eigenvalue weighted by Gasteiger charge is 1.95. The second kappa shape index (κ2) is 3.59. The summed E-state index contributed by atoms with van der Waals surface area (Å²) in [6, 6.07) is 0. The highest BCUT2D eigenvalue weighted by molar-refractivity contribution is 7.85. The lowest BCUT2D eigenvalue weighted by molar-refractivity contribution is 0.487. The van der Waals surface area contributed by atoms with Gasteiger partial charge in [-0.05, 0) is 0 Å². The van der Waals surface area contributed by atoms with E-state index in [-0.39, 0.29) is 11.9 Å². The SMILES string of the molecule is C=CCS(=O)(=O)O.N. The van der Waals surface area contributed by atoms with Gasteiger partial charge in [0.05, 0.1) is 5.75 Å². The molecule has 0 fully saturated rings. The second-order valence-corrected chi connectivity index (χ2v) is 2.53. The summed E-state index contributed by atoms with van der Waals surface area (Å²) in [7, 11) is -3.79. The van der Waals surface area contributed by atoms with E-state index < -0.39 is 10.1 Å². The van der Waals surface area contributed by atoms with Crippen LogP contribution in [0.2, 0.25) is 0 Å². The van der Waals surface area contributed by atoms with Crippen LogP contribution in [0.25, 0.3) is 0 Å². The van der Waals surface area contributed by atoms with Crippen molar-refractivity contribution in [3.8, 4) is 0 Å². The van der Waals surface area contributed by atoms with Gasteiger partial charge < -0.3 is 6.15 Å². The maximum absolute atomic E-state index is 9.72.